The van der Waals surface area contributed by atoms with Gasteiger partial charge in [0.15, 0.2) is 0 Å². The molecule has 2 aromatic carbocycles. The molecule has 1 fully saturated rings. The van der Waals surface area contributed by atoms with E-state index in [9.17, 15) is 17.6 Å². The number of aryl methyl sites for hydroxylation is 1. The molecule has 0 radical (unpaired) electrons. The number of nitrogens with one attached hydrogen (secondary N) is 1. The molecule has 1 aromatic heterocycles. The van der Waals surface area contributed by atoms with Crippen LogP contribution in [0.2, 0.25) is 0 Å². The molecule has 0 spiro atoms. The average Bonchev–Trinajstić information content (AvgIpc) is 3.12. The van der Waals surface area contributed by atoms with Crippen molar-refractivity contribution in [1.29, 1.82) is 0 Å². The summed E-state index contributed by atoms with van der Waals surface area (Å²) < 4.78 is 43.4. The zero-order valence-corrected chi connectivity index (χ0v) is 19.5. The summed E-state index contributed by atoms with van der Waals surface area (Å²) in [5.74, 6) is -1.33. The van der Waals surface area contributed by atoms with Crippen LogP contribution in [-0.4, -0.2) is 41.5 Å². The van der Waals surface area contributed by atoms with Crippen molar-refractivity contribution >= 4 is 15.9 Å². The number of piperidine rings is 1. The lowest BCUT2D eigenvalue weighted by Gasteiger charge is -2.26. The maximum absolute atomic E-state index is 14.5. The van der Waals surface area contributed by atoms with Gasteiger partial charge in [-0.1, -0.05) is 24.6 Å². The van der Waals surface area contributed by atoms with Gasteiger partial charge in [0.25, 0.3) is 5.91 Å². The van der Waals surface area contributed by atoms with E-state index >= 15 is 0 Å². The van der Waals surface area contributed by atoms with Crippen molar-refractivity contribution in [2.45, 2.75) is 44.6 Å². The van der Waals surface area contributed by atoms with E-state index in [-0.39, 0.29) is 12.1 Å². The summed E-state index contributed by atoms with van der Waals surface area (Å²) in [7, 11) is -3.99. The Hall–Kier alpha value is -3.04. The Labute approximate surface area is 193 Å². The van der Waals surface area contributed by atoms with Gasteiger partial charge in [0.2, 0.25) is 10.0 Å². The second-order valence-corrected chi connectivity index (χ2v) is 10.1. The molecular formula is C24H27FN4O3S. The second-order valence-electron chi connectivity index (χ2n) is 8.19. The fraction of sp³-hybridized carbons (Fsp3) is 0.333. The Balaban J connectivity index is 1.53. The Bertz CT molecular complexity index is 1270. The lowest BCUT2D eigenvalue weighted by molar-refractivity contribution is 0.0950. The van der Waals surface area contributed by atoms with Gasteiger partial charge in [0.05, 0.1) is 11.4 Å². The van der Waals surface area contributed by atoms with Crippen molar-refractivity contribution in [2.24, 2.45) is 0 Å². The molecule has 7 nitrogen and oxygen atoms in total. The fourth-order valence-electron chi connectivity index (χ4n) is 4.11. The molecule has 1 saturated heterocycles. The normalized spacial score (nSPS) is 14.9. The molecule has 3 aromatic rings. The van der Waals surface area contributed by atoms with Gasteiger partial charge < -0.3 is 5.32 Å². The van der Waals surface area contributed by atoms with E-state index in [0.29, 0.717) is 13.1 Å². The number of hydrogen-bond acceptors (Lipinski definition) is 4. The summed E-state index contributed by atoms with van der Waals surface area (Å²) >= 11 is 0. The summed E-state index contributed by atoms with van der Waals surface area (Å²) in [6, 6.07) is 13.1. The van der Waals surface area contributed by atoms with Gasteiger partial charge in [0, 0.05) is 36.5 Å². The van der Waals surface area contributed by atoms with Gasteiger partial charge in [-0.3, -0.25) is 4.79 Å². The number of amides is 1. The number of rotatable bonds is 6. The maximum Gasteiger partial charge on any atom is 0.251 e. The number of nitrogens with zero attached hydrogens (tertiary/aromatic N) is 3. The van der Waals surface area contributed by atoms with Crippen molar-refractivity contribution in [2.75, 3.05) is 13.1 Å². The minimum absolute atomic E-state index is 0.0951. The molecule has 1 N–H and O–H groups in total. The molecule has 33 heavy (non-hydrogen) atoms. The topological polar surface area (TPSA) is 84.3 Å². The number of hydrogen-bond donors (Lipinski definition) is 1. The Kier molecular flexibility index (Phi) is 6.62. The molecule has 0 saturated carbocycles. The molecule has 174 valence electrons. The molecule has 4 rings (SSSR count). The number of para-hydroxylation sites is 1. The summed E-state index contributed by atoms with van der Waals surface area (Å²) in [5.41, 5.74) is 3.56. The van der Waals surface area contributed by atoms with E-state index in [1.807, 2.05) is 48.9 Å². The van der Waals surface area contributed by atoms with Crippen LogP contribution in [-0.2, 0) is 16.6 Å². The fourth-order valence-corrected chi connectivity index (χ4v) is 5.72. The minimum atomic E-state index is -3.99. The molecule has 9 heteroatoms. The lowest BCUT2D eigenvalue weighted by Crippen LogP contribution is -2.36. The van der Waals surface area contributed by atoms with Crippen molar-refractivity contribution in [3.8, 4) is 5.69 Å². The zero-order chi connectivity index (χ0) is 23.6. The largest absolute Gasteiger partial charge is 0.348 e. The summed E-state index contributed by atoms with van der Waals surface area (Å²) in [6.45, 7) is 4.74. The van der Waals surface area contributed by atoms with Gasteiger partial charge >= 0.3 is 0 Å². The smallest absolute Gasteiger partial charge is 0.251 e. The number of sulfonamides is 1. The summed E-state index contributed by atoms with van der Waals surface area (Å²) in [5, 5.41) is 7.39. The molecule has 1 aliphatic rings. The first kappa shape index (κ1) is 23.1. The average molecular weight is 471 g/mol. The van der Waals surface area contributed by atoms with Crippen molar-refractivity contribution in [1.82, 2.24) is 19.4 Å². The summed E-state index contributed by atoms with van der Waals surface area (Å²) in [4.78, 5) is 12.4. The predicted molar refractivity (Wildman–Crippen MR) is 123 cm³/mol. The van der Waals surface area contributed by atoms with Crippen LogP contribution in [0.4, 0.5) is 4.39 Å². The molecule has 0 atom stereocenters. The van der Waals surface area contributed by atoms with Gasteiger partial charge in [-0.2, -0.15) is 9.40 Å². The standard InChI is InChI=1S/C24H27FN4O3S/c1-17-21(18(2)29(27-17)20-9-5-3-6-10-20)16-26-24(30)19-11-12-22(25)23(15-19)33(31,32)28-13-7-4-8-14-28/h3,5-6,9-12,15H,4,7-8,13-14,16H2,1-2H3,(H,26,30). The van der Waals surface area contributed by atoms with Crippen LogP contribution in [0.1, 0.15) is 46.6 Å². The van der Waals surface area contributed by atoms with Gasteiger partial charge in [0.1, 0.15) is 10.7 Å². The number of aromatic nitrogens is 2. The Morgan fingerprint density at radius 1 is 1.06 bits per heavy atom. The highest BCUT2D eigenvalue weighted by Crippen LogP contribution is 2.24. The molecule has 1 aliphatic heterocycles. The van der Waals surface area contributed by atoms with E-state index in [2.05, 4.69) is 10.4 Å². The van der Waals surface area contributed by atoms with Crippen LogP contribution in [0.5, 0.6) is 0 Å². The monoisotopic (exact) mass is 470 g/mol. The Morgan fingerprint density at radius 3 is 2.45 bits per heavy atom. The summed E-state index contributed by atoms with van der Waals surface area (Å²) in [6.07, 6.45) is 2.45. The van der Waals surface area contributed by atoms with Crippen LogP contribution in [0.25, 0.3) is 5.69 Å². The van der Waals surface area contributed by atoms with Crippen LogP contribution < -0.4 is 5.32 Å². The van der Waals surface area contributed by atoms with Gasteiger partial charge in [-0.05, 0) is 57.0 Å². The van der Waals surface area contributed by atoms with E-state index in [0.717, 1.165) is 54.0 Å². The first-order valence-electron chi connectivity index (χ1n) is 11.0. The van der Waals surface area contributed by atoms with Crippen LogP contribution in [0.15, 0.2) is 53.4 Å². The number of halogens is 1. The molecule has 0 aliphatic carbocycles. The molecule has 1 amide bonds. The SMILES string of the molecule is Cc1nn(-c2ccccc2)c(C)c1CNC(=O)c1ccc(F)c(S(=O)(=O)N2CCCCC2)c1. The van der Waals surface area contributed by atoms with E-state index in [1.54, 1.807) is 0 Å². The highest BCUT2D eigenvalue weighted by atomic mass is 32.2. The first-order valence-corrected chi connectivity index (χ1v) is 12.4. The molecule has 0 unspecified atom stereocenters. The zero-order valence-electron chi connectivity index (χ0n) is 18.7. The van der Waals surface area contributed by atoms with Gasteiger partial charge in [-0.15, -0.1) is 0 Å². The third-order valence-electron chi connectivity index (χ3n) is 5.99. The van der Waals surface area contributed by atoms with E-state index < -0.39 is 26.6 Å². The predicted octanol–water partition coefficient (Wildman–Crippen LogP) is 3.73. The Morgan fingerprint density at radius 2 is 1.76 bits per heavy atom. The maximum atomic E-state index is 14.5. The van der Waals surface area contributed by atoms with Crippen LogP contribution >= 0.6 is 0 Å². The van der Waals surface area contributed by atoms with Gasteiger partial charge in [-0.25, -0.2) is 17.5 Å². The van der Waals surface area contributed by atoms with Crippen LogP contribution in [0, 0.1) is 19.7 Å². The third kappa shape index (κ3) is 4.69. The van der Waals surface area contributed by atoms with Crippen molar-refractivity contribution in [3.05, 3.63) is 76.9 Å². The quantitative estimate of drug-likeness (QED) is 0.595. The number of benzene rings is 2. The number of carbonyl (C=O) groups is 1. The van der Waals surface area contributed by atoms with Crippen LogP contribution in [0.3, 0.4) is 0 Å². The molecular weight excluding hydrogens is 443 g/mol. The second kappa shape index (κ2) is 9.44. The number of carbonyl (C=O) groups excluding carboxylic acids is 1. The third-order valence-corrected chi connectivity index (χ3v) is 7.91. The minimum Gasteiger partial charge on any atom is -0.348 e. The van der Waals surface area contributed by atoms with Crippen molar-refractivity contribution in [3.63, 3.8) is 0 Å². The molecule has 0 bridgehead atoms. The molecule has 2 heterocycles. The van der Waals surface area contributed by atoms with Crippen molar-refractivity contribution < 1.29 is 17.6 Å². The first-order chi connectivity index (χ1) is 15.8. The lowest BCUT2D eigenvalue weighted by atomic mass is 10.1. The van der Waals surface area contributed by atoms with E-state index in [1.165, 1.54) is 10.4 Å². The highest BCUT2D eigenvalue weighted by molar-refractivity contribution is 7.89. The highest BCUT2D eigenvalue weighted by Gasteiger charge is 2.29. The van der Waals surface area contributed by atoms with E-state index in [4.69, 9.17) is 0 Å².